The van der Waals surface area contributed by atoms with Crippen LogP contribution in [0.3, 0.4) is 0 Å². The fraction of sp³-hybridized carbons (Fsp3) is 0.351. The van der Waals surface area contributed by atoms with E-state index in [0.717, 1.165) is 33.4 Å². The van der Waals surface area contributed by atoms with Crippen LogP contribution in [-0.4, -0.2) is 80.7 Å². The number of hydrogen-bond acceptors (Lipinski definition) is 14. The lowest BCUT2D eigenvalue weighted by molar-refractivity contribution is -0.321. The monoisotopic (exact) mass is 1000 g/mol. The predicted octanol–water partition coefficient (Wildman–Crippen LogP) is 10.3. The molecule has 6 aromatic carbocycles. The number of rotatable bonds is 30. The quantitative estimate of drug-likeness (QED) is 0.0258. The van der Waals surface area contributed by atoms with Crippen molar-refractivity contribution in [1.29, 1.82) is 5.26 Å². The first-order chi connectivity index (χ1) is 35.3. The Kier molecular flexibility index (Phi) is 22.1. The second kappa shape index (κ2) is 29.3. The topological polar surface area (TPSA) is 163 Å². The molecule has 2 unspecified atom stereocenters. The summed E-state index contributed by atoms with van der Waals surface area (Å²) in [5.41, 5.74) is 5.26. The van der Waals surface area contributed by atoms with Crippen molar-refractivity contribution in [1.82, 2.24) is 0 Å². The largest absolute Gasteiger partial charge is 0.477 e. The van der Waals surface area contributed by atoms with Gasteiger partial charge in [-0.25, -0.2) is 4.57 Å². The lowest BCUT2D eigenvalue weighted by Crippen LogP contribution is -2.61. The average molecular weight is 1000 g/mol. The van der Waals surface area contributed by atoms with E-state index in [1.54, 1.807) is 6.92 Å². The molecule has 14 nitrogen and oxygen atoms in total. The minimum atomic E-state index is -4.84. The number of nitrogens with zero attached hydrogens (tertiary/aromatic N) is 1. The van der Waals surface area contributed by atoms with Crippen LogP contribution in [0.4, 0.5) is 0 Å². The lowest BCUT2D eigenvalue weighted by atomic mass is 9.98. The first-order valence-electron chi connectivity index (χ1n) is 24.0. The summed E-state index contributed by atoms with van der Waals surface area (Å²) in [6.45, 7) is 1.84. The van der Waals surface area contributed by atoms with E-state index in [4.69, 9.17) is 51.5 Å². The second-order valence-electron chi connectivity index (χ2n) is 17.1. The predicted molar refractivity (Wildman–Crippen MR) is 268 cm³/mol. The second-order valence-corrected chi connectivity index (χ2v) is 18.7. The first-order valence-corrected chi connectivity index (χ1v) is 25.5. The Labute approximate surface area is 422 Å². The van der Waals surface area contributed by atoms with E-state index in [2.05, 4.69) is 0 Å². The van der Waals surface area contributed by atoms with Crippen LogP contribution >= 0.6 is 7.82 Å². The summed E-state index contributed by atoms with van der Waals surface area (Å²) in [5.74, 6) is 0. The van der Waals surface area contributed by atoms with E-state index in [9.17, 15) is 10.4 Å². The minimum Gasteiger partial charge on any atom is -0.371 e. The number of phosphoric ester groups is 1. The van der Waals surface area contributed by atoms with Crippen molar-refractivity contribution in [2.75, 3.05) is 20.3 Å². The fourth-order valence-corrected chi connectivity index (χ4v) is 9.22. The number of nitriles is 1. The first kappa shape index (κ1) is 54.3. The highest BCUT2D eigenvalue weighted by Gasteiger charge is 2.50. The van der Waals surface area contributed by atoms with Gasteiger partial charge in [-0.2, -0.15) is 5.26 Å². The highest BCUT2D eigenvalue weighted by molar-refractivity contribution is 7.48. The summed E-state index contributed by atoms with van der Waals surface area (Å²) in [5, 5.41) is 21.8. The molecule has 1 N–H and O–H groups in total. The zero-order valence-corrected chi connectivity index (χ0v) is 41.5. The normalized spacial score (nSPS) is 20.4. The Hall–Kier alpha value is -5.44. The van der Waals surface area contributed by atoms with E-state index < -0.39 is 69.7 Å². The molecular formula is C57H64NO13P. The lowest BCUT2D eigenvalue weighted by Gasteiger charge is -2.45. The molecule has 10 atom stereocenters. The molecule has 1 aliphatic heterocycles. The minimum absolute atomic E-state index is 0.00953. The number of benzene rings is 6. The molecule has 7 rings (SSSR count). The van der Waals surface area contributed by atoms with Gasteiger partial charge in [0.2, 0.25) is 0 Å². The van der Waals surface area contributed by atoms with E-state index in [1.807, 2.05) is 188 Å². The van der Waals surface area contributed by atoms with Gasteiger partial charge in [-0.05, 0) is 40.3 Å². The van der Waals surface area contributed by atoms with Crippen LogP contribution in [0.25, 0.3) is 0 Å². The maximum atomic E-state index is 15.1. The Morgan fingerprint density at radius 3 is 1.36 bits per heavy atom. The van der Waals surface area contributed by atoms with Crippen LogP contribution in [0.2, 0.25) is 0 Å². The smallest absolute Gasteiger partial charge is 0.371 e. The fourth-order valence-electron chi connectivity index (χ4n) is 7.99. The molecule has 0 spiro atoms. The number of aliphatic hydroxyl groups is 1. The number of methoxy groups -OCH3 is 1. The van der Waals surface area contributed by atoms with E-state index >= 15 is 4.57 Å². The van der Waals surface area contributed by atoms with Gasteiger partial charge in [0.05, 0.1) is 71.4 Å². The Morgan fingerprint density at radius 2 is 0.931 bits per heavy atom. The molecule has 0 aliphatic carbocycles. The van der Waals surface area contributed by atoms with Crippen molar-refractivity contribution >= 4 is 7.82 Å². The van der Waals surface area contributed by atoms with Gasteiger partial charge in [-0.1, -0.05) is 182 Å². The van der Waals surface area contributed by atoms with Crippen molar-refractivity contribution in [3.8, 4) is 6.07 Å². The Balaban J connectivity index is 1.18. The van der Waals surface area contributed by atoms with Crippen molar-refractivity contribution < 1.29 is 61.1 Å². The van der Waals surface area contributed by atoms with E-state index in [-0.39, 0.29) is 52.7 Å². The van der Waals surface area contributed by atoms with Crippen molar-refractivity contribution in [2.24, 2.45) is 0 Å². The molecule has 0 amide bonds. The van der Waals surface area contributed by atoms with Crippen LogP contribution in [-0.2, 0) is 95.7 Å². The summed E-state index contributed by atoms with van der Waals surface area (Å²) in [7, 11) is -3.35. The van der Waals surface area contributed by atoms with E-state index in [1.165, 1.54) is 7.11 Å². The third-order valence-electron chi connectivity index (χ3n) is 11.8. The molecule has 1 fully saturated rings. The number of aliphatic hydroxyl groups excluding tert-OH is 1. The highest BCUT2D eigenvalue weighted by atomic mass is 31.2. The maximum Gasteiger partial charge on any atom is 0.477 e. The number of hydrogen-bond donors (Lipinski definition) is 1. The molecule has 0 radical (unpaired) electrons. The standard InChI is InChI=1S/C57H64NO13P/c1-43(62-36-44-22-9-3-10-23-44)51(63-37-45-24-11-4-12-25-45)54(66-40-48-30-17-7-18-31-48)56(59)71-72(60,68-35-21-34-58)69-42-50-52(64-38-46-26-13-5-14-27-46)53(65-39-47-28-15-6-16-29-47)55(57(61-2)70-50)67-41-49-32-19-8-20-33-49/h3-20,22-33,43,50-57,59H,21,35-42H2,1-2H3/t43-,50-,51-,52-,53+,54-,55-,56?,57-,72?/m1/s1. The van der Waals surface area contributed by atoms with Gasteiger partial charge in [0, 0.05) is 7.11 Å². The Bertz CT molecular complexity index is 2490. The zero-order valence-electron chi connectivity index (χ0n) is 40.6. The molecule has 15 heteroatoms. The third kappa shape index (κ3) is 17.1. The molecule has 6 aromatic rings. The van der Waals surface area contributed by atoms with Gasteiger partial charge in [0.1, 0.15) is 36.6 Å². The SMILES string of the molecule is CO[C@@H]1O[C@H](COP(=O)(OCCC#N)OC(O)[C@H](OCc2ccccc2)[C@H](OCc2ccccc2)[C@@H](C)OCc2ccccc2)[C@@H](OCc2ccccc2)[C@H](OCc2ccccc2)[C@H]1OCc1ccccc1. The average Bonchev–Trinajstić information content (AvgIpc) is 3.42. The molecular weight excluding hydrogens is 938 g/mol. The molecule has 380 valence electrons. The van der Waals surface area contributed by atoms with Gasteiger partial charge in [0.15, 0.2) is 12.6 Å². The van der Waals surface area contributed by atoms with Crippen LogP contribution in [0.15, 0.2) is 182 Å². The van der Waals surface area contributed by atoms with Crippen LogP contribution in [0, 0.1) is 11.3 Å². The van der Waals surface area contributed by atoms with Crippen molar-refractivity contribution in [3.63, 3.8) is 0 Å². The molecule has 72 heavy (non-hydrogen) atoms. The molecule has 1 aliphatic rings. The van der Waals surface area contributed by atoms with Gasteiger partial charge in [0.25, 0.3) is 0 Å². The number of phosphoric acid groups is 1. The van der Waals surface area contributed by atoms with Crippen molar-refractivity contribution in [3.05, 3.63) is 215 Å². The zero-order chi connectivity index (χ0) is 50.2. The third-order valence-corrected chi connectivity index (χ3v) is 13.2. The highest BCUT2D eigenvalue weighted by Crippen LogP contribution is 2.52. The van der Waals surface area contributed by atoms with Crippen LogP contribution in [0.1, 0.15) is 46.7 Å². The summed E-state index contributed by atoms with van der Waals surface area (Å²) in [6, 6.07) is 59.5. The van der Waals surface area contributed by atoms with Gasteiger partial charge < -0.3 is 43.0 Å². The number of ether oxygens (including phenoxy) is 8. The molecule has 1 saturated heterocycles. The molecule has 0 saturated carbocycles. The van der Waals surface area contributed by atoms with Gasteiger partial charge in [-0.3, -0.25) is 13.6 Å². The molecule has 1 heterocycles. The summed E-state index contributed by atoms with van der Waals surface area (Å²) < 4.78 is 85.2. The molecule has 0 aromatic heterocycles. The maximum absolute atomic E-state index is 15.1. The molecule has 0 bridgehead atoms. The van der Waals surface area contributed by atoms with Gasteiger partial charge >= 0.3 is 7.82 Å². The summed E-state index contributed by atoms with van der Waals surface area (Å²) in [4.78, 5) is 0. The van der Waals surface area contributed by atoms with Crippen LogP contribution in [0.5, 0.6) is 0 Å². The summed E-state index contributed by atoms with van der Waals surface area (Å²) >= 11 is 0. The van der Waals surface area contributed by atoms with Crippen molar-refractivity contribution in [2.45, 2.75) is 108 Å². The van der Waals surface area contributed by atoms with Gasteiger partial charge in [-0.15, -0.1) is 0 Å². The Morgan fingerprint density at radius 1 is 0.542 bits per heavy atom. The van der Waals surface area contributed by atoms with Crippen LogP contribution < -0.4 is 0 Å². The van der Waals surface area contributed by atoms with E-state index in [0.29, 0.717) is 0 Å². The summed E-state index contributed by atoms with van der Waals surface area (Å²) in [6.07, 6.45) is -9.94.